The van der Waals surface area contributed by atoms with E-state index in [9.17, 15) is 13.6 Å². The van der Waals surface area contributed by atoms with Crippen LogP contribution in [0.5, 0.6) is 0 Å². The molecule has 0 aromatic carbocycles. The van der Waals surface area contributed by atoms with Crippen LogP contribution in [0.1, 0.15) is 27.7 Å². The van der Waals surface area contributed by atoms with Crippen LogP contribution in [0.25, 0.3) is 0 Å². The van der Waals surface area contributed by atoms with E-state index in [2.05, 4.69) is 10.6 Å². The first kappa shape index (κ1) is 16.8. The Morgan fingerprint density at radius 3 is 2.33 bits per heavy atom. The van der Waals surface area contributed by atoms with Crippen LogP contribution in [-0.4, -0.2) is 37.3 Å². The number of rotatable bonds is 6. The number of amides is 1. The van der Waals surface area contributed by atoms with Gasteiger partial charge >= 0.3 is 6.09 Å². The van der Waals surface area contributed by atoms with Crippen molar-refractivity contribution in [1.29, 1.82) is 0 Å². The zero-order valence-corrected chi connectivity index (χ0v) is 11.3. The van der Waals surface area contributed by atoms with Gasteiger partial charge in [-0.05, 0) is 27.7 Å². The molecule has 0 spiro atoms. The standard InChI is InChI=1S/C12H22F2N2O2/c1-9(10(13)14)15-7-5-6-8-16-11(17)18-12(2,3)4/h5-6,9-10,15H,7-8H2,1-4H3,(H,16,17)/b6-5+. The summed E-state index contributed by atoms with van der Waals surface area (Å²) in [5.74, 6) is 0. The molecule has 0 aromatic rings. The smallest absolute Gasteiger partial charge is 0.407 e. The minimum Gasteiger partial charge on any atom is -0.444 e. The zero-order chi connectivity index (χ0) is 14.2. The molecule has 0 aliphatic carbocycles. The molecule has 18 heavy (non-hydrogen) atoms. The summed E-state index contributed by atoms with van der Waals surface area (Å²) >= 11 is 0. The van der Waals surface area contributed by atoms with Crippen LogP contribution < -0.4 is 10.6 Å². The predicted molar refractivity (Wildman–Crippen MR) is 66.8 cm³/mol. The Kier molecular flexibility index (Phi) is 7.50. The number of halogens is 2. The number of hydrogen-bond acceptors (Lipinski definition) is 3. The number of hydrogen-bond donors (Lipinski definition) is 2. The molecular formula is C12H22F2N2O2. The molecule has 106 valence electrons. The van der Waals surface area contributed by atoms with Gasteiger partial charge in [-0.15, -0.1) is 0 Å². The Morgan fingerprint density at radius 1 is 1.28 bits per heavy atom. The highest BCUT2D eigenvalue weighted by atomic mass is 19.3. The van der Waals surface area contributed by atoms with Crippen LogP contribution in [0.15, 0.2) is 12.2 Å². The van der Waals surface area contributed by atoms with Crippen molar-refractivity contribution in [3.63, 3.8) is 0 Å². The molecule has 0 aromatic heterocycles. The Morgan fingerprint density at radius 2 is 1.83 bits per heavy atom. The number of nitrogens with one attached hydrogen (secondary N) is 2. The second-order valence-electron chi connectivity index (χ2n) is 4.89. The molecule has 0 bridgehead atoms. The van der Waals surface area contributed by atoms with Gasteiger partial charge < -0.3 is 15.4 Å². The summed E-state index contributed by atoms with van der Waals surface area (Å²) in [5, 5.41) is 5.15. The van der Waals surface area contributed by atoms with Crippen molar-refractivity contribution in [1.82, 2.24) is 10.6 Å². The van der Waals surface area contributed by atoms with Gasteiger partial charge in [0.05, 0.1) is 6.04 Å². The van der Waals surface area contributed by atoms with Gasteiger partial charge in [-0.2, -0.15) is 0 Å². The lowest BCUT2D eigenvalue weighted by molar-refractivity contribution is 0.0534. The van der Waals surface area contributed by atoms with E-state index >= 15 is 0 Å². The number of carbonyl (C=O) groups excluding carboxylic acids is 1. The number of alkyl carbamates (subject to hydrolysis) is 1. The number of carbonyl (C=O) groups is 1. The average molecular weight is 264 g/mol. The Bertz CT molecular complexity index is 276. The van der Waals surface area contributed by atoms with Gasteiger partial charge in [0.2, 0.25) is 0 Å². The maximum Gasteiger partial charge on any atom is 0.407 e. The van der Waals surface area contributed by atoms with E-state index in [1.54, 1.807) is 32.9 Å². The molecule has 0 aliphatic heterocycles. The molecule has 0 radical (unpaired) electrons. The van der Waals surface area contributed by atoms with Crippen molar-refractivity contribution in [3.8, 4) is 0 Å². The Hall–Kier alpha value is -1.17. The first-order valence-electron chi connectivity index (χ1n) is 5.86. The molecule has 6 heteroatoms. The van der Waals surface area contributed by atoms with Gasteiger partial charge in [0.25, 0.3) is 6.43 Å². The van der Waals surface area contributed by atoms with E-state index in [4.69, 9.17) is 4.74 Å². The number of ether oxygens (including phenoxy) is 1. The van der Waals surface area contributed by atoms with Gasteiger partial charge in [-0.1, -0.05) is 12.2 Å². The quantitative estimate of drug-likeness (QED) is 0.724. The zero-order valence-electron chi connectivity index (χ0n) is 11.3. The largest absolute Gasteiger partial charge is 0.444 e. The van der Waals surface area contributed by atoms with Crippen molar-refractivity contribution in [2.45, 2.75) is 45.8 Å². The minimum atomic E-state index is -2.38. The molecule has 0 aliphatic rings. The van der Waals surface area contributed by atoms with Gasteiger partial charge in [-0.25, -0.2) is 13.6 Å². The minimum absolute atomic E-state index is 0.305. The fraction of sp³-hybridized carbons (Fsp3) is 0.750. The highest BCUT2D eigenvalue weighted by molar-refractivity contribution is 5.67. The molecule has 2 N–H and O–H groups in total. The Balaban J connectivity index is 3.63. The first-order valence-corrected chi connectivity index (χ1v) is 5.86. The molecule has 0 rings (SSSR count). The molecule has 0 heterocycles. The summed E-state index contributed by atoms with van der Waals surface area (Å²) in [4.78, 5) is 11.2. The third kappa shape index (κ3) is 10.0. The highest BCUT2D eigenvalue weighted by Crippen LogP contribution is 2.06. The van der Waals surface area contributed by atoms with E-state index in [0.29, 0.717) is 13.1 Å². The Labute approximate surface area is 107 Å². The fourth-order valence-corrected chi connectivity index (χ4v) is 0.966. The van der Waals surface area contributed by atoms with Crippen molar-refractivity contribution in [2.24, 2.45) is 0 Å². The summed E-state index contributed by atoms with van der Waals surface area (Å²) in [7, 11) is 0. The molecule has 1 amide bonds. The molecular weight excluding hydrogens is 242 g/mol. The molecule has 0 saturated heterocycles. The maximum atomic E-state index is 12.1. The normalized spacial score (nSPS) is 13.9. The van der Waals surface area contributed by atoms with Crippen LogP contribution in [0.4, 0.5) is 13.6 Å². The first-order chi connectivity index (χ1) is 8.22. The molecule has 1 unspecified atom stereocenters. The monoisotopic (exact) mass is 264 g/mol. The summed E-state index contributed by atoms with van der Waals surface area (Å²) in [6.45, 7) is 7.38. The molecule has 0 saturated carbocycles. The third-order valence-electron chi connectivity index (χ3n) is 1.87. The second-order valence-corrected chi connectivity index (χ2v) is 4.89. The van der Waals surface area contributed by atoms with E-state index in [1.165, 1.54) is 6.92 Å². The van der Waals surface area contributed by atoms with Crippen LogP contribution in [0, 0.1) is 0 Å². The van der Waals surface area contributed by atoms with E-state index < -0.39 is 24.2 Å². The van der Waals surface area contributed by atoms with Gasteiger partial charge in [-0.3, -0.25) is 0 Å². The fourth-order valence-electron chi connectivity index (χ4n) is 0.966. The van der Waals surface area contributed by atoms with Crippen molar-refractivity contribution in [3.05, 3.63) is 12.2 Å². The van der Waals surface area contributed by atoms with Gasteiger partial charge in [0.15, 0.2) is 0 Å². The van der Waals surface area contributed by atoms with Crippen molar-refractivity contribution in [2.75, 3.05) is 13.1 Å². The predicted octanol–water partition coefficient (Wildman–Crippen LogP) is 2.31. The van der Waals surface area contributed by atoms with Crippen molar-refractivity contribution >= 4 is 6.09 Å². The van der Waals surface area contributed by atoms with Crippen LogP contribution in [0.3, 0.4) is 0 Å². The molecule has 4 nitrogen and oxygen atoms in total. The number of alkyl halides is 2. The summed E-state index contributed by atoms with van der Waals surface area (Å²) < 4.78 is 29.2. The van der Waals surface area contributed by atoms with E-state index in [1.807, 2.05) is 0 Å². The second kappa shape index (κ2) is 8.02. The van der Waals surface area contributed by atoms with Gasteiger partial charge in [0, 0.05) is 13.1 Å². The summed E-state index contributed by atoms with van der Waals surface area (Å²) in [5.41, 5.74) is -0.526. The van der Waals surface area contributed by atoms with Crippen molar-refractivity contribution < 1.29 is 18.3 Å². The molecule has 0 fully saturated rings. The maximum absolute atomic E-state index is 12.1. The lowest BCUT2D eigenvalue weighted by Crippen LogP contribution is -2.33. The molecule has 1 atom stereocenters. The van der Waals surface area contributed by atoms with Crippen LogP contribution >= 0.6 is 0 Å². The highest BCUT2D eigenvalue weighted by Gasteiger charge is 2.15. The van der Waals surface area contributed by atoms with Gasteiger partial charge in [0.1, 0.15) is 5.60 Å². The third-order valence-corrected chi connectivity index (χ3v) is 1.87. The summed E-state index contributed by atoms with van der Waals surface area (Å²) in [6, 6.07) is -0.839. The lowest BCUT2D eigenvalue weighted by Gasteiger charge is -2.19. The topological polar surface area (TPSA) is 50.4 Å². The van der Waals surface area contributed by atoms with Crippen LogP contribution in [0.2, 0.25) is 0 Å². The summed E-state index contributed by atoms with van der Waals surface area (Å²) in [6.07, 6.45) is 0.477. The van der Waals surface area contributed by atoms with E-state index in [-0.39, 0.29) is 0 Å². The lowest BCUT2D eigenvalue weighted by atomic mass is 10.2. The van der Waals surface area contributed by atoms with E-state index in [0.717, 1.165) is 0 Å². The average Bonchev–Trinajstić information content (AvgIpc) is 2.19. The SMILES string of the molecule is CC(NC/C=C/CNC(=O)OC(C)(C)C)C(F)F. The van der Waals surface area contributed by atoms with Crippen LogP contribution in [-0.2, 0) is 4.74 Å².